The van der Waals surface area contributed by atoms with E-state index in [4.69, 9.17) is 0 Å². The molecular formula is C13H20N2O3S. The molecule has 106 valence electrons. The highest BCUT2D eigenvalue weighted by molar-refractivity contribution is 7.88. The maximum absolute atomic E-state index is 11.4. The lowest BCUT2D eigenvalue weighted by Gasteiger charge is -2.34. The Balaban J connectivity index is 2.02. The van der Waals surface area contributed by atoms with Crippen molar-refractivity contribution in [1.82, 2.24) is 4.31 Å². The zero-order chi connectivity index (χ0) is 14.0. The van der Waals surface area contributed by atoms with Gasteiger partial charge in [-0.1, -0.05) is 12.1 Å². The molecule has 1 aliphatic heterocycles. The molecule has 1 N–H and O–H groups in total. The van der Waals surface area contributed by atoms with Gasteiger partial charge in [0.05, 0.1) is 12.4 Å². The summed E-state index contributed by atoms with van der Waals surface area (Å²) in [5.41, 5.74) is 1.95. The first-order valence-electron chi connectivity index (χ1n) is 6.36. The van der Waals surface area contributed by atoms with E-state index < -0.39 is 16.1 Å². The summed E-state index contributed by atoms with van der Waals surface area (Å²) in [6.07, 6.45) is 0.788. The number of rotatable bonds is 3. The Morgan fingerprint density at radius 3 is 2.05 bits per heavy atom. The molecule has 0 amide bonds. The molecule has 6 heteroatoms. The van der Waals surface area contributed by atoms with Crippen molar-refractivity contribution in [3.8, 4) is 0 Å². The number of aliphatic hydroxyl groups excluding tert-OH is 1. The topological polar surface area (TPSA) is 60.9 Å². The quantitative estimate of drug-likeness (QED) is 0.893. The van der Waals surface area contributed by atoms with Crippen LogP contribution < -0.4 is 4.90 Å². The van der Waals surface area contributed by atoms with Crippen molar-refractivity contribution < 1.29 is 13.5 Å². The highest BCUT2D eigenvalue weighted by atomic mass is 32.2. The summed E-state index contributed by atoms with van der Waals surface area (Å²) in [6, 6.07) is 7.75. The Morgan fingerprint density at radius 1 is 1.11 bits per heavy atom. The Hall–Kier alpha value is -1.11. The average Bonchev–Trinajstić information content (AvgIpc) is 2.38. The predicted molar refractivity (Wildman–Crippen MR) is 75.7 cm³/mol. The molecule has 1 unspecified atom stereocenters. The SMILES string of the molecule is CC(O)c1ccc(N2CCN(S(C)(=O)=O)CC2)cc1. The van der Waals surface area contributed by atoms with Crippen LogP contribution in [0.3, 0.4) is 0 Å². The third-order valence-corrected chi connectivity index (χ3v) is 4.75. The first-order valence-corrected chi connectivity index (χ1v) is 8.21. The standard InChI is InChI=1S/C13H20N2O3S/c1-11(16)12-3-5-13(6-4-12)14-7-9-15(10-8-14)19(2,17)18/h3-6,11,16H,7-10H2,1-2H3. The zero-order valence-corrected chi connectivity index (χ0v) is 12.1. The van der Waals surface area contributed by atoms with Crippen LogP contribution in [-0.4, -0.2) is 50.3 Å². The largest absolute Gasteiger partial charge is 0.389 e. The van der Waals surface area contributed by atoms with Crippen molar-refractivity contribution in [2.24, 2.45) is 0 Å². The highest BCUT2D eigenvalue weighted by Gasteiger charge is 2.23. The fraction of sp³-hybridized carbons (Fsp3) is 0.538. The second kappa shape index (κ2) is 5.48. The van der Waals surface area contributed by atoms with E-state index in [2.05, 4.69) is 4.90 Å². The van der Waals surface area contributed by atoms with Gasteiger partial charge in [-0.15, -0.1) is 0 Å². The third kappa shape index (κ3) is 3.46. The summed E-state index contributed by atoms with van der Waals surface area (Å²) < 4.78 is 24.4. The average molecular weight is 284 g/mol. The molecule has 5 nitrogen and oxygen atoms in total. The lowest BCUT2D eigenvalue weighted by molar-refractivity contribution is 0.199. The number of sulfonamides is 1. The van der Waals surface area contributed by atoms with Crippen LogP contribution in [0, 0.1) is 0 Å². The number of nitrogens with zero attached hydrogens (tertiary/aromatic N) is 2. The van der Waals surface area contributed by atoms with Gasteiger partial charge in [0, 0.05) is 31.9 Å². The molecule has 0 radical (unpaired) electrons. The van der Waals surface area contributed by atoms with E-state index in [1.54, 1.807) is 6.92 Å². The van der Waals surface area contributed by atoms with Gasteiger partial charge in [-0.25, -0.2) is 8.42 Å². The molecule has 0 aromatic heterocycles. The van der Waals surface area contributed by atoms with Gasteiger partial charge in [0.2, 0.25) is 10.0 Å². The van der Waals surface area contributed by atoms with Gasteiger partial charge >= 0.3 is 0 Å². The minimum Gasteiger partial charge on any atom is -0.389 e. The van der Waals surface area contributed by atoms with Gasteiger partial charge in [-0.3, -0.25) is 0 Å². The number of hydrogen-bond acceptors (Lipinski definition) is 4. The summed E-state index contributed by atoms with van der Waals surface area (Å²) >= 11 is 0. The minimum atomic E-state index is -3.08. The number of hydrogen-bond donors (Lipinski definition) is 1. The minimum absolute atomic E-state index is 0.462. The van der Waals surface area contributed by atoms with Gasteiger partial charge in [0.1, 0.15) is 0 Å². The van der Waals surface area contributed by atoms with E-state index in [1.807, 2.05) is 24.3 Å². The molecule has 19 heavy (non-hydrogen) atoms. The van der Waals surface area contributed by atoms with Crippen molar-refractivity contribution >= 4 is 15.7 Å². The van der Waals surface area contributed by atoms with E-state index in [0.717, 1.165) is 11.3 Å². The van der Waals surface area contributed by atoms with Crippen LogP contribution in [0.4, 0.5) is 5.69 Å². The molecular weight excluding hydrogens is 264 g/mol. The molecule has 0 saturated carbocycles. The molecule has 1 fully saturated rings. The van der Waals surface area contributed by atoms with E-state index >= 15 is 0 Å². The van der Waals surface area contributed by atoms with E-state index in [-0.39, 0.29) is 0 Å². The first-order chi connectivity index (χ1) is 8.88. The maximum Gasteiger partial charge on any atom is 0.211 e. The molecule has 1 aromatic carbocycles. The van der Waals surface area contributed by atoms with E-state index in [0.29, 0.717) is 26.2 Å². The van der Waals surface area contributed by atoms with Crippen LogP contribution in [0.5, 0.6) is 0 Å². The highest BCUT2D eigenvalue weighted by Crippen LogP contribution is 2.20. The van der Waals surface area contributed by atoms with Crippen LogP contribution in [0.2, 0.25) is 0 Å². The number of anilines is 1. The smallest absolute Gasteiger partial charge is 0.211 e. The predicted octanol–water partition coefficient (Wildman–Crippen LogP) is 0.821. The van der Waals surface area contributed by atoms with Crippen molar-refractivity contribution in [2.45, 2.75) is 13.0 Å². The van der Waals surface area contributed by atoms with Crippen molar-refractivity contribution in [3.05, 3.63) is 29.8 Å². The molecule has 0 bridgehead atoms. The number of piperazine rings is 1. The van der Waals surface area contributed by atoms with Crippen molar-refractivity contribution in [2.75, 3.05) is 37.3 Å². The van der Waals surface area contributed by atoms with Gasteiger partial charge in [-0.2, -0.15) is 4.31 Å². The number of aliphatic hydroxyl groups is 1. The van der Waals surface area contributed by atoms with E-state index in [9.17, 15) is 13.5 Å². The van der Waals surface area contributed by atoms with Crippen LogP contribution in [0.1, 0.15) is 18.6 Å². The van der Waals surface area contributed by atoms with Crippen molar-refractivity contribution in [3.63, 3.8) is 0 Å². The maximum atomic E-state index is 11.4. The summed E-state index contributed by atoms with van der Waals surface area (Å²) in [4.78, 5) is 2.16. The van der Waals surface area contributed by atoms with E-state index in [1.165, 1.54) is 10.6 Å². The number of benzene rings is 1. The van der Waals surface area contributed by atoms with Gasteiger partial charge in [0.25, 0.3) is 0 Å². The molecule has 1 atom stereocenters. The molecule has 1 saturated heterocycles. The van der Waals surface area contributed by atoms with Gasteiger partial charge < -0.3 is 10.0 Å². The fourth-order valence-electron chi connectivity index (χ4n) is 2.24. The summed E-state index contributed by atoms with van der Waals surface area (Å²) in [7, 11) is -3.08. The summed E-state index contributed by atoms with van der Waals surface area (Å²) in [5.74, 6) is 0. The van der Waals surface area contributed by atoms with Crippen LogP contribution in [0.15, 0.2) is 24.3 Å². The normalized spacial score (nSPS) is 19.4. The second-order valence-corrected chi connectivity index (χ2v) is 6.90. The van der Waals surface area contributed by atoms with Crippen LogP contribution >= 0.6 is 0 Å². The van der Waals surface area contributed by atoms with Gasteiger partial charge in [-0.05, 0) is 24.6 Å². The molecule has 0 aliphatic carbocycles. The second-order valence-electron chi connectivity index (χ2n) is 4.92. The lowest BCUT2D eigenvalue weighted by Crippen LogP contribution is -2.48. The van der Waals surface area contributed by atoms with Crippen LogP contribution in [0.25, 0.3) is 0 Å². The fourth-order valence-corrected chi connectivity index (χ4v) is 3.07. The van der Waals surface area contributed by atoms with Gasteiger partial charge in [0.15, 0.2) is 0 Å². The monoisotopic (exact) mass is 284 g/mol. The first kappa shape index (κ1) is 14.3. The van der Waals surface area contributed by atoms with Crippen molar-refractivity contribution in [1.29, 1.82) is 0 Å². The Bertz CT molecular complexity index is 517. The molecule has 1 aromatic rings. The Morgan fingerprint density at radius 2 is 1.63 bits per heavy atom. The van der Waals surface area contributed by atoms with Crippen LogP contribution in [-0.2, 0) is 10.0 Å². The Kier molecular flexibility index (Phi) is 4.13. The molecule has 2 rings (SSSR count). The zero-order valence-electron chi connectivity index (χ0n) is 11.3. The lowest BCUT2D eigenvalue weighted by atomic mass is 10.1. The third-order valence-electron chi connectivity index (χ3n) is 3.45. The summed E-state index contributed by atoms with van der Waals surface area (Å²) in [6.45, 7) is 4.18. The Labute approximate surface area is 114 Å². The molecule has 1 heterocycles. The summed E-state index contributed by atoms with van der Waals surface area (Å²) in [5, 5.41) is 9.46. The molecule has 1 aliphatic rings. The molecule has 0 spiro atoms.